The Bertz CT molecular complexity index is 778. The summed E-state index contributed by atoms with van der Waals surface area (Å²) in [7, 11) is 1.71. The van der Waals surface area contributed by atoms with Crippen molar-refractivity contribution in [1.82, 2.24) is 14.7 Å². The molecule has 0 aromatic carbocycles. The quantitative estimate of drug-likeness (QED) is 0.908. The molecule has 23 heavy (non-hydrogen) atoms. The van der Waals surface area contributed by atoms with Crippen LogP contribution < -0.4 is 10.9 Å². The highest BCUT2D eigenvalue weighted by Gasteiger charge is 2.53. The van der Waals surface area contributed by atoms with Gasteiger partial charge in [0.2, 0.25) is 0 Å². The number of thiazole rings is 1. The Morgan fingerprint density at radius 2 is 2.26 bits per heavy atom. The van der Waals surface area contributed by atoms with Crippen LogP contribution >= 0.6 is 11.3 Å². The number of ether oxygens (including phenoxy) is 1. The van der Waals surface area contributed by atoms with Crippen molar-refractivity contribution in [3.8, 4) is 0 Å². The van der Waals surface area contributed by atoms with Gasteiger partial charge in [0.1, 0.15) is 5.56 Å². The second-order valence-electron chi connectivity index (χ2n) is 5.96. The van der Waals surface area contributed by atoms with Crippen LogP contribution in [0, 0.1) is 5.41 Å². The predicted octanol–water partition coefficient (Wildman–Crippen LogP) is 2.08. The van der Waals surface area contributed by atoms with Gasteiger partial charge in [-0.1, -0.05) is 13.8 Å². The lowest BCUT2D eigenvalue weighted by atomic mass is 9.58. The second kappa shape index (κ2) is 6.05. The molecule has 0 spiro atoms. The summed E-state index contributed by atoms with van der Waals surface area (Å²) >= 11 is 1.37. The van der Waals surface area contributed by atoms with Gasteiger partial charge in [-0.05, 0) is 19.3 Å². The van der Waals surface area contributed by atoms with E-state index >= 15 is 0 Å². The topological polar surface area (TPSA) is 72.7 Å². The summed E-state index contributed by atoms with van der Waals surface area (Å²) in [6.07, 6.45) is 5.79. The van der Waals surface area contributed by atoms with Crippen LogP contribution in [-0.4, -0.2) is 34.5 Å². The van der Waals surface area contributed by atoms with E-state index in [1.54, 1.807) is 18.7 Å². The largest absolute Gasteiger partial charge is 0.381 e. The maximum Gasteiger partial charge on any atom is 0.271 e. The molecule has 124 valence electrons. The zero-order chi connectivity index (χ0) is 16.6. The van der Waals surface area contributed by atoms with Crippen molar-refractivity contribution in [2.75, 3.05) is 7.11 Å². The molecule has 2 aromatic rings. The van der Waals surface area contributed by atoms with Crippen LogP contribution in [0.5, 0.6) is 0 Å². The molecule has 1 aliphatic carbocycles. The maximum atomic E-state index is 12.5. The lowest BCUT2D eigenvalue weighted by Crippen LogP contribution is -2.64. The molecule has 0 aliphatic heterocycles. The van der Waals surface area contributed by atoms with Gasteiger partial charge in [0.25, 0.3) is 11.5 Å². The van der Waals surface area contributed by atoms with Gasteiger partial charge < -0.3 is 10.1 Å². The van der Waals surface area contributed by atoms with Crippen LogP contribution in [0.15, 0.2) is 22.6 Å². The summed E-state index contributed by atoms with van der Waals surface area (Å²) in [6.45, 7) is 4.23. The molecule has 1 amide bonds. The van der Waals surface area contributed by atoms with Gasteiger partial charge in [-0.3, -0.25) is 14.0 Å². The molecule has 0 bridgehead atoms. The number of aromatic nitrogens is 2. The molecule has 3 rings (SSSR count). The van der Waals surface area contributed by atoms with Crippen molar-refractivity contribution in [2.24, 2.45) is 5.41 Å². The number of hydrogen-bond acceptors (Lipinski definition) is 5. The van der Waals surface area contributed by atoms with Crippen LogP contribution in [0.1, 0.15) is 43.5 Å². The van der Waals surface area contributed by atoms with Crippen molar-refractivity contribution < 1.29 is 9.53 Å². The lowest BCUT2D eigenvalue weighted by molar-refractivity contribution is -0.120. The van der Waals surface area contributed by atoms with E-state index in [4.69, 9.17) is 4.74 Å². The van der Waals surface area contributed by atoms with Crippen LogP contribution in [0.3, 0.4) is 0 Å². The van der Waals surface area contributed by atoms with Gasteiger partial charge in [-0.25, -0.2) is 4.98 Å². The third-order valence-electron chi connectivity index (χ3n) is 5.28. The summed E-state index contributed by atoms with van der Waals surface area (Å²) in [5, 5.41) is 4.80. The number of carbonyl (C=O) groups is 1. The summed E-state index contributed by atoms with van der Waals surface area (Å²) in [4.78, 5) is 29.7. The average Bonchev–Trinajstić information content (AvgIpc) is 3.02. The smallest absolute Gasteiger partial charge is 0.271 e. The van der Waals surface area contributed by atoms with Gasteiger partial charge in [0.05, 0.1) is 6.10 Å². The third kappa shape index (κ3) is 2.38. The molecule has 1 aliphatic rings. The van der Waals surface area contributed by atoms with E-state index in [1.807, 2.05) is 0 Å². The highest BCUT2D eigenvalue weighted by atomic mass is 32.1. The van der Waals surface area contributed by atoms with Gasteiger partial charge in [0.15, 0.2) is 4.96 Å². The van der Waals surface area contributed by atoms with E-state index in [0.717, 1.165) is 19.3 Å². The van der Waals surface area contributed by atoms with Gasteiger partial charge in [-0.2, -0.15) is 0 Å². The predicted molar refractivity (Wildman–Crippen MR) is 89.0 cm³/mol. The molecule has 2 aromatic heterocycles. The normalized spacial score (nSPS) is 22.7. The third-order valence-corrected chi connectivity index (χ3v) is 6.05. The zero-order valence-electron chi connectivity index (χ0n) is 13.5. The molecule has 0 unspecified atom stereocenters. The molecule has 1 saturated carbocycles. The molecular weight excluding hydrogens is 314 g/mol. The molecule has 0 radical (unpaired) electrons. The lowest BCUT2D eigenvalue weighted by Gasteiger charge is -2.55. The number of rotatable bonds is 5. The van der Waals surface area contributed by atoms with Gasteiger partial charge in [0, 0.05) is 36.3 Å². The van der Waals surface area contributed by atoms with E-state index in [9.17, 15) is 9.59 Å². The molecule has 7 heteroatoms. The number of amides is 1. The molecule has 2 atom stereocenters. The number of hydrogen-bond donors (Lipinski definition) is 1. The van der Waals surface area contributed by atoms with Crippen molar-refractivity contribution >= 4 is 22.2 Å². The van der Waals surface area contributed by atoms with E-state index in [1.165, 1.54) is 21.9 Å². The van der Waals surface area contributed by atoms with E-state index in [2.05, 4.69) is 24.1 Å². The molecular formula is C16H21N3O3S. The fourth-order valence-electron chi connectivity index (χ4n) is 3.70. The molecule has 6 nitrogen and oxygen atoms in total. The van der Waals surface area contributed by atoms with Crippen molar-refractivity contribution in [3.05, 3.63) is 33.7 Å². The molecule has 0 saturated heterocycles. The monoisotopic (exact) mass is 335 g/mol. The summed E-state index contributed by atoms with van der Waals surface area (Å²) in [6, 6.07) is 0.0255. The fraction of sp³-hybridized carbons (Fsp3) is 0.562. The van der Waals surface area contributed by atoms with Gasteiger partial charge in [-0.15, -0.1) is 11.3 Å². The number of methoxy groups -OCH3 is 1. The molecule has 1 N–H and O–H groups in total. The number of carbonyl (C=O) groups excluding carboxylic acids is 1. The first-order valence-corrected chi connectivity index (χ1v) is 8.73. The highest BCUT2D eigenvalue weighted by molar-refractivity contribution is 7.15. The Morgan fingerprint density at radius 3 is 2.91 bits per heavy atom. The average molecular weight is 335 g/mol. The van der Waals surface area contributed by atoms with Crippen molar-refractivity contribution in [2.45, 2.75) is 45.3 Å². The Labute approximate surface area is 138 Å². The minimum Gasteiger partial charge on any atom is -0.381 e. The first kappa shape index (κ1) is 16.1. The maximum absolute atomic E-state index is 12.5. The molecule has 1 fully saturated rings. The summed E-state index contributed by atoms with van der Waals surface area (Å²) < 4.78 is 6.95. The Balaban J connectivity index is 1.84. The second-order valence-corrected chi connectivity index (χ2v) is 6.83. The number of nitrogens with zero attached hydrogens (tertiary/aromatic N) is 2. The minimum absolute atomic E-state index is 0.0255. The highest BCUT2D eigenvalue weighted by Crippen LogP contribution is 2.48. The minimum atomic E-state index is -0.353. The van der Waals surface area contributed by atoms with Crippen LogP contribution in [-0.2, 0) is 4.74 Å². The standard InChI is InChI=1S/C16H21N3O3S/c1-4-16(5-2)11(8-12(16)22-3)18-13(20)10-9-17-15-19(14(10)21)6-7-23-15/h6-7,9,11-12H,4-5,8H2,1-3H3,(H,18,20)/t11-,12+/m0/s1. The summed E-state index contributed by atoms with van der Waals surface area (Å²) in [5.74, 6) is -0.353. The van der Waals surface area contributed by atoms with Crippen molar-refractivity contribution in [3.63, 3.8) is 0 Å². The Hall–Kier alpha value is -1.73. The first-order chi connectivity index (χ1) is 11.1. The van der Waals surface area contributed by atoms with E-state index in [0.29, 0.717) is 4.96 Å². The zero-order valence-corrected chi connectivity index (χ0v) is 14.4. The Morgan fingerprint density at radius 1 is 1.52 bits per heavy atom. The number of fused-ring (bicyclic) bond motifs is 1. The number of nitrogens with one attached hydrogen (secondary N) is 1. The van der Waals surface area contributed by atoms with E-state index < -0.39 is 0 Å². The van der Waals surface area contributed by atoms with Crippen LogP contribution in [0.2, 0.25) is 0 Å². The first-order valence-electron chi connectivity index (χ1n) is 7.86. The van der Waals surface area contributed by atoms with Crippen LogP contribution in [0.4, 0.5) is 0 Å². The SMILES string of the molecule is CCC1(CC)[C@@H](NC(=O)c2cnc3sccn3c2=O)C[C@H]1OC. The summed E-state index contributed by atoms with van der Waals surface area (Å²) in [5.41, 5.74) is -0.293. The molecule has 2 heterocycles. The van der Waals surface area contributed by atoms with E-state index in [-0.39, 0.29) is 34.6 Å². The van der Waals surface area contributed by atoms with Crippen molar-refractivity contribution in [1.29, 1.82) is 0 Å². The van der Waals surface area contributed by atoms with Crippen LogP contribution in [0.25, 0.3) is 4.96 Å². The van der Waals surface area contributed by atoms with Gasteiger partial charge >= 0.3 is 0 Å². The Kier molecular flexibility index (Phi) is 4.25. The fourth-order valence-corrected chi connectivity index (χ4v) is 4.37.